The number of anilines is 2. The number of nitrogens with two attached hydrogens (primary N) is 1. The molecule has 23 heavy (non-hydrogen) atoms. The van der Waals surface area contributed by atoms with E-state index >= 15 is 0 Å². The van der Waals surface area contributed by atoms with E-state index in [1.54, 1.807) is 43.6 Å². The van der Waals surface area contributed by atoms with Gasteiger partial charge < -0.3 is 15.8 Å². The Balaban J connectivity index is 1.69. The number of aromatic nitrogens is 3. The maximum Gasteiger partial charge on any atom is 0.260 e. The van der Waals surface area contributed by atoms with Crippen LogP contribution >= 0.6 is 11.5 Å². The normalized spacial score (nSPS) is 10.3. The largest absolute Gasteiger partial charge is 0.437 e. The SMILES string of the molecule is Cc1nsc(N)c1C(=O)Nc1ccc(Oc2cccnc2)nc1. The first kappa shape index (κ1) is 14.9. The highest BCUT2D eigenvalue weighted by Gasteiger charge is 2.16. The van der Waals surface area contributed by atoms with Crippen molar-refractivity contribution in [2.45, 2.75) is 6.92 Å². The Bertz CT molecular complexity index is 798. The average Bonchev–Trinajstić information content (AvgIpc) is 2.89. The van der Waals surface area contributed by atoms with Crippen LogP contribution in [0.4, 0.5) is 10.7 Å². The minimum Gasteiger partial charge on any atom is -0.437 e. The van der Waals surface area contributed by atoms with E-state index in [1.807, 2.05) is 0 Å². The molecule has 0 saturated carbocycles. The first-order chi connectivity index (χ1) is 11.1. The highest BCUT2D eigenvalue weighted by Crippen LogP contribution is 2.23. The van der Waals surface area contributed by atoms with Crippen LogP contribution in [0, 0.1) is 6.92 Å². The van der Waals surface area contributed by atoms with Gasteiger partial charge in [-0.3, -0.25) is 9.78 Å². The third-order valence-corrected chi connectivity index (χ3v) is 3.73. The van der Waals surface area contributed by atoms with Crippen LogP contribution < -0.4 is 15.8 Å². The van der Waals surface area contributed by atoms with Crippen LogP contribution in [0.5, 0.6) is 11.6 Å². The van der Waals surface area contributed by atoms with E-state index in [0.29, 0.717) is 33.6 Å². The highest BCUT2D eigenvalue weighted by molar-refractivity contribution is 7.10. The maximum atomic E-state index is 12.2. The van der Waals surface area contributed by atoms with Crippen molar-refractivity contribution in [3.05, 3.63) is 54.1 Å². The molecule has 0 atom stereocenters. The summed E-state index contributed by atoms with van der Waals surface area (Å²) < 4.78 is 9.59. The summed E-state index contributed by atoms with van der Waals surface area (Å²) >= 11 is 1.10. The number of nitrogens with one attached hydrogen (secondary N) is 1. The zero-order valence-corrected chi connectivity index (χ0v) is 13.0. The Morgan fingerprint density at radius 1 is 1.30 bits per heavy atom. The zero-order valence-electron chi connectivity index (χ0n) is 12.2. The average molecular weight is 327 g/mol. The lowest BCUT2D eigenvalue weighted by Crippen LogP contribution is -2.14. The Hall–Kier alpha value is -3.00. The molecule has 1 amide bonds. The number of carbonyl (C=O) groups is 1. The second-order valence-electron chi connectivity index (χ2n) is 4.64. The van der Waals surface area contributed by atoms with Crippen molar-refractivity contribution in [3.8, 4) is 11.6 Å². The Morgan fingerprint density at radius 3 is 2.78 bits per heavy atom. The quantitative estimate of drug-likeness (QED) is 0.764. The van der Waals surface area contributed by atoms with Crippen LogP contribution in [0.2, 0.25) is 0 Å². The van der Waals surface area contributed by atoms with Gasteiger partial charge in [-0.1, -0.05) is 0 Å². The van der Waals surface area contributed by atoms with Gasteiger partial charge in [0.05, 0.1) is 29.3 Å². The van der Waals surface area contributed by atoms with Crippen molar-refractivity contribution >= 4 is 28.1 Å². The maximum absolute atomic E-state index is 12.2. The third kappa shape index (κ3) is 3.43. The lowest BCUT2D eigenvalue weighted by molar-refractivity contribution is 0.102. The van der Waals surface area contributed by atoms with Gasteiger partial charge in [0.15, 0.2) is 0 Å². The number of aryl methyl sites for hydroxylation is 1. The number of nitrogens with zero attached hydrogens (tertiary/aromatic N) is 3. The van der Waals surface area contributed by atoms with Crippen molar-refractivity contribution in [2.75, 3.05) is 11.1 Å². The summed E-state index contributed by atoms with van der Waals surface area (Å²) in [6.45, 7) is 1.74. The van der Waals surface area contributed by atoms with Gasteiger partial charge in [0.2, 0.25) is 5.88 Å². The molecule has 3 N–H and O–H groups in total. The van der Waals surface area contributed by atoms with E-state index in [4.69, 9.17) is 10.5 Å². The van der Waals surface area contributed by atoms with Crippen molar-refractivity contribution in [1.29, 1.82) is 0 Å². The predicted octanol–water partition coefficient (Wildman–Crippen LogP) is 2.87. The van der Waals surface area contributed by atoms with E-state index in [-0.39, 0.29) is 5.91 Å². The fourth-order valence-corrected chi connectivity index (χ4v) is 2.56. The standard InChI is InChI=1S/C15H13N5O2S/c1-9-13(14(16)23-20-9)15(21)19-10-4-5-12(18-7-10)22-11-3-2-6-17-8-11/h2-8H,16H2,1H3,(H,19,21). The van der Waals surface area contributed by atoms with E-state index < -0.39 is 0 Å². The molecule has 7 nitrogen and oxygen atoms in total. The first-order valence-electron chi connectivity index (χ1n) is 6.70. The lowest BCUT2D eigenvalue weighted by atomic mass is 10.2. The van der Waals surface area contributed by atoms with Crippen molar-refractivity contribution in [3.63, 3.8) is 0 Å². The fourth-order valence-electron chi connectivity index (χ4n) is 1.90. The highest BCUT2D eigenvalue weighted by atomic mass is 32.1. The number of rotatable bonds is 4. The molecule has 0 fully saturated rings. The summed E-state index contributed by atoms with van der Waals surface area (Å²) in [7, 11) is 0. The minimum absolute atomic E-state index is 0.309. The molecule has 116 valence electrons. The molecule has 0 unspecified atom stereocenters. The number of nitrogen functional groups attached to an aromatic ring is 1. The molecule has 3 rings (SSSR count). The molecule has 0 radical (unpaired) electrons. The van der Waals surface area contributed by atoms with Gasteiger partial charge in [-0.05, 0) is 36.7 Å². The Kier molecular flexibility index (Phi) is 4.15. The lowest BCUT2D eigenvalue weighted by Gasteiger charge is -2.07. The van der Waals surface area contributed by atoms with Crippen molar-refractivity contribution in [2.24, 2.45) is 0 Å². The molecule has 3 aromatic heterocycles. The van der Waals surface area contributed by atoms with Gasteiger partial charge in [0.25, 0.3) is 5.91 Å². The molecule has 0 aliphatic carbocycles. The molecule has 0 spiro atoms. The van der Waals surface area contributed by atoms with Gasteiger partial charge in [0, 0.05) is 12.3 Å². The molecule has 8 heteroatoms. The number of hydrogen-bond acceptors (Lipinski definition) is 7. The fraction of sp³-hybridized carbons (Fsp3) is 0.0667. The van der Waals surface area contributed by atoms with E-state index in [9.17, 15) is 4.79 Å². The summed E-state index contributed by atoms with van der Waals surface area (Å²) in [4.78, 5) is 20.3. The van der Waals surface area contributed by atoms with Crippen LogP contribution in [-0.4, -0.2) is 20.2 Å². The van der Waals surface area contributed by atoms with Crippen LogP contribution in [0.25, 0.3) is 0 Å². The smallest absolute Gasteiger partial charge is 0.260 e. The molecule has 0 saturated heterocycles. The van der Waals surface area contributed by atoms with Crippen LogP contribution in [0.3, 0.4) is 0 Å². The number of amides is 1. The first-order valence-corrected chi connectivity index (χ1v) is 7.48. The molecule has 0 aliphatic heterocycles. The van der Waals surface area contributed by atoms with Gasteiger partial charge >= 0.3 is 0 Å². The molecule has 3 aromatic rings. The summed E-state index contributed by atoms with van der Waals surface area (Å²) in [5.41, 5.74) is 7.30. The zero-order chi connectivity index (χ0) is 16.2. The second kappa shape index (κ2) is 6.41. The number of ether oxygens (including phenoxy) is 1. The Morgan fingerprint density at radius 2 is 2.17 bits per heavy atom. The molecule has 0 aromatic carbocycles. The van der Waals surface area contributed by atoms with E-state index in [2.05, 4.69) is 19.7 Å². The Labute approximate surface area is 136 Å². The van der Waals surface area contributed by atoms with Gasteiger partial charge in [-0.25, -0.2) is 4.98 Å². The molecular weight excluding hydrogens is 314 g/mol. The van der Waals surface area contributed by atoms with Crippen molar-refractivity contribution in [1.82, 2.24) is 14.3 Å². The van der Waals surface area contributed by atoms with Gasteiger partial charge in [-0.15, -0.1) is 0 Å². The summed E-state index contributed by atoms with van der Waals surface area (Å²) in [6, 6.07) is 6.90. The molecule has 3 heterocycles. The summed E-state index contributed by atoms with van der Waals surface area (Å²) in [6.07, 6.45) is 4.76. The summed E-state index contributed by atoms with van der Waals surface area (Å²) in [5.74, 6) is 0.685. The molecule has 0 bridgehead atoms. The number of carbonyl (C=O) groups excluding carboxylic acids is 1. The van der Waals surface area contributed by atoms with E-state index in [1.165, 1.54) is 6.20 Å². The van der Waals surface area contributed by atoms with E-state index in [0.717, 1.165) is 11.5 Å². The van der Waals surface area contributed by atoms with Crippen LogP contribution in [0.1, 0.15) is 16.1 Å². The third-order valence-electron chi connectivity index (χ3n) is 2.97. The van der Waals surface area contributed by atoms with Gasteiger partial charge in [-0.2, -0.15) is 4.37 Å². The predicted molar refractivity (Wildman–Crippen MR) is 87.8 cm³/mol. The van der Waals surface area contributed by atoms with Crippen LogP contribution in [0.15, 0.2) is 42.9 Å². The van der Waals surface area contributed by atoms with Gasteiger partial charge in [0.1, 0.15) is 10.8 Å². The monoisotopic (exact) mass is 327 g/mol. The number of hydrogen-bond donors (Lipinski definition) is 2. The topological polar surface area (TPSA) is 103 Å². The second-order valence-corrected chi connectivity index (χ2v) is 5.44. The van der Waals surface area contributed by atoms with Crippen molar-refractivity contribution < 1.29 is 9.53 Å². The summed E-state index contributed by atoms with van der Waals surface area (Å²) in [5, 5.41) is 3.13. The van der Waals surface area contributed by atoms with Crippen LogP contribution in [-0.2, 0) is 0 Å². The molecular formula is C15H13N5O2S. The minimum atomic E-state index is -0.309. The number of pyridine rings is 2. The molecule has 0 aliphatic rings.